The first kappa shape index (κ1) is 24.5. The van der Waals surface area contributed by atoms with Crippen LogP contribution in [-0.2, 0) is 0 Å². The lowest BCUT2D eigenvalue weighted by atomic mass is 9.93. The van der Waals surface area contributed by atoms with Crippen LogP contribution in [0.5, 0.6) is 0 Å². The molecule has 0 unspecified atom stereocenters. The first-order chi connectivity index (χ1) is 17.7. The van der Waals surface area contributed by atoms with Gasteiger partial charge in [0.2, 0.25) is 0 Å². The molecule has 37 heavy (non-hydrogen) atoms. The van der Waals surface area contributed by atoms with Crippen LogP contribution in [0.1, 0.15) is 38.4 Å². The predicted molar refractivity (Wildman–Crippen MR) is 142 cm³/mol. The van der Waals surface area contributed by atoms with Gasteiger partial charge in [-0.2, -0.15) is 0 Å². The summed E-state index contributed by atoms with van der Waals surface area (Å²) < 4.78 is 14.4. The molecule has 1 atom stereocenters. The molecule has 0 radical (unpaired) electrons. The zero-order valence-electron chi connectivity index (χ0n) is 21.0. The van der Waals surface area contributed by atoms with Crippen LogP contribution in [0.25, 0.3) is 33.3 Å². The number of halogens is 1. The van der Waals surface area contributed by atoms with Crippen LogP contribution in [-0.4, -0.2) is 52.9 Å². The summed E-state index contributed by atoms with van der Waals surface area (Å²) in [7, 11) is 1.78. The molecule has 0 saturated carbocycles. The Morgan fingerprint density at radius 2 is 1.89 bits per heavy atom. The van der Waals surface area contributed by atoms with Gasteiger partial charge in [-0.15, -0.1) is 0 Å². The Morgan fingerprint density at radius 1 is 1.11 bits per heavy atom. The maximum absolute atomic E-state index is 14.4. The van der Waals surface area contributed by atoms with Crippen LogP contribution in [0, 0.1) is 19.7 Å². The minimum absolute atomic E-state index is 0.159. The minimum atomic E-state index is -0.616. The lowest BCUT2D eigenvalue weighted by Crippen LogP contribution is -2.50. The maximum atomic E-state index is 14.4. The van der Waals surface area contributed by atoms with E-state index in [0.29, 0.717) is 39.8 Å². The molecule has 0 aliphatic carbocycles. The van der Waals surface area contributed by atoms with E-state index in [1.807, 2.05) is 38.1 Å². The number of nitrogens with one attached hydrogen (secondary N) is 1. The van der Waals surface area contributed by atoms with Crippen molar-refractivity contribution in [1.82, 2.24) is 20.2 Å². The molecule has 1 saturated heterocycles. The average Bonchev–Trinajstić information content (AvgIpc) is 2.84. The molecule has 0 spiro atoms. The highest BCUT2D eigenvalue weighted by Crippen LogP contribution is 2.34. The Morgan fingerprint density at radius 3 is 2.57 bits per heavy atom. The number of nitrogens with two attached hydrogens (primary N) is 1. The lowest BCUT2D eigenvalue weighted by Gasteiger charge is -2.32. The monoisotopic (exact) mass is 497 g/mol. The third-order valence-corrected chi connectivity index (χ3v) is 6.82. The van der Waals surface area contributed by atoms with Crippen LogP contribution >= 0.6 is 0 Å². The molecule has 2 amide bonds. The highest BCUT2D eigenvalue weighted by molar-refractivity contribution is 6.12. The van der Waals surface area contributed by atoms with Gasteiger partial charge in [0.25, 0.3) is 11.8 Å². The van der Waals surface area contributed by atoms with Crippen LogP contribution < -0.4 is 11.1 Å². The third kappa shape index (κ3) is 4.80. The summed E-state index contributed by atoms with van der Waals surface area (Å²) in [6, 6.07) is 13.9. The van der Waals surface area contributed by atoms with Crippen LogP contribution in [0.15, 0.2) is 54.7 Å². The molecule has 7 nitrogen and oxygen atoms in total. The Labute approximate surface area is 214 Å². The van der Waals surface area contributed by atoms with E-state index in [4.69, 9.17) is 5.73 Å². The molecule has 1 aliphatic heterocycles. The highest BCUT2D eigenvalue weighted by Gasteiger charge is 2.26. The van der Waals surface area contributed by atoms with E-state index in [9.17, 15) is 14.0 Å². The SMILES string of the molecule is Cc1cc(F)cc(-c2cnc3ccc(-c4nc(C(N)=O)ccc4C)cc3c2C(=O)N(C)C[C@@H]2CCN2)c1. The molecule has 3 heterocycles. The number of rotatable bonds is 6. The number of carbonyl (C=O) groups excluding carboxylic acids is 2. The number of likely N-dealkylation sites (N-methyl/N-ethyl adjacent to an activating group) is 1. The number of hydrogen-bond acceptors (Lipinski definition) is 5. The molecule has 1 aliphatic rings. The number of hydrogen-bond donors (Lipinski definition) is 2. The molecule has 188 valence electrons. The van der Waals surface area contributed by atoms with Crippen molar-refractivity contribution in [2.45, 2.75) is 26.3 Å². The molecule has 4 aromatic rings. The molecule has 2 aromatic carbocycles. The zero-order chi connectivity index (χ0) is 26.3. The second-order valence-corrected chi connectivity index (χ2v) is 9.65. The van der Waals surface area contributed by atoms with Gasteiger partial charge >= 0.3 is 0 Å². The zero-order valence-corrected chi connectivity index (χ0v) is 21.0. The highest BCUT2D eigenvalue weighted by atomic mass is 19.1. The van der Waals surface area contributed by atoms with Gasteiger partial charge < -0.3 is 16.0 Å². The van der Waals surface area contributed by atoms with E-state index in [1.165, 1.54) is 12.1 Å². The molecule has 0 bridgehead atoms. The first-order valence-electron chi connectivity index (χ1n) is 12.2. The van der Waals surface area contributed by atoms with Crippen LogP contribution in [0.4, 0.5) is 4.39 Å². The van der Waals surface area contributed by atoms with Gasteiger partial charge in [-0.25, -0.2) is 9.37 Å². The van der Waals surface area contributed by atoms with Crippen LogP contribution in [0.2, 0.25) is 0 Å². The van der Waals surface area contributed by atoms with Gasteiger partial charge in [-0.3, -0.25) is 14.6 Å². The number of aromatic nitrogens is 2. The number of fused-ring (bicyclic) bond motifs is 1. The maximum Gasteiger partial charge on any atom is 0.267 e. The Balaban J connectivity index is 1.73. The topological polar surface area (TPSA) is 101 Å². The Kier molecular flexibility index (Phi) is 6.43. The van der Waals surface area contributed by atoms with Crippen molar-refractivity contribution in [2.24, 2.45) is 5.73 Å². The van der Waals surface area contributed by atoms with Gasteiger partial charge in [0.1, 0.15) is 11.5 Å². The number of nitrogens with zero attached hydrogens (tertiary/aromatic N) is 3. The average molecular weight is 498 g/mol. The number of aryl methyl sites for hydroxylation is 2. The summed E-state index contributed by atoms with van der Waals surface area (Å²) in [5.74, 6) is -1.17. The van der Waals surface area contributed by atoms with Crippen molar-refractivity contribution in [3.05, 3.63) is 82.9 Å². The fourth-order valence-corrected chi connectivity index (χ4v) is 4.75. The number of carbonyl (C=O) groups is 2. The largest absolute Gasteiger partial charge is 0.364 e. The Bertz CT molecular complexity index is 1530. The number of pyridine rings is 2. The van der Waals surface area contributed by atoms with Crippen molar-refractivity contribution in [3.63, 3.8) is 0 Å². The second-order valence-electron chi connectivity index (χ2n) is 9.65. The van der Waals surface area contributed by atoms with E-state index in [0.717, 1.165) is 29.7 Å². The van der Waals surface area contributed by atoms with Crippen LogP contribution in [0.3, 0.4) is 0 Å². The molecular weight excluding hydrogens is 469 g/mol. The van der Waals surface area contributed by atoms with Gasteiger partial charge in [-0.1, -0.05) is 18.2 Å². The summed E-state index contributed by atoms with van der Waals surface area (Å²) in [5, 5.41) is 3.96. The number of benzene rings is 2. The standard InChI is InChI=1S/C29H28FN5O2/c1-16-10-19(12-20(30)11-16)23-14-33-24-7-5-18(27-17(2)4-6-25(34-27)28(31)36)13-22(24)26(23)29(37)35(3)15-21-8-9-32-21/h4-7,10-14,21,32H,8-9,15H2,1-3H3,(H2,31,36)/t21-/m0/s1. The fraction of sp³-hybridized carbons (Fsp3) is 0.241. The molecule has 8 heteroatoms. The summed E-state index contributed by atoms with van der Waals surface area (Å²) in [6.45, 7) is 5.21. The van der Waals surface area contributed by atoms with E-state index < -0.39 is 5.91 Å². The Hall–Kier alpha value is -4.17. The third-order valence-electron chi connectivity index (χ3n) is 6.82. The normalized spacial score (nSPS) is 14.9. The van der Waals surface area contributed by atoms with Gasteiger partial charge in [0.05, 0.1) is 16.8 Å². The van der Waals surface area contributed by atoms with Gasteiger partial charge in [0, 0.05) is 42.3 Å². The van der Waals surface area contributed by atoms with E-state index in [1.54, 1.807) is 30.3 Å². The first-order valence-corrected chi connectivity index (χ1v) is 12.2. The smallest absolute Gasteiger partial charge is 0.267 e. The number of primary amides is 1. The van der Waals surface area contributed by atoms with Crippen molar-refractivity contribution in [3.8, 4) is 22.4 Å². The van der Waals surface area contributed by atoms with Gasteiger partial charge in [0.15, 0.2) is 0 Å². The fourth-order valence-electron chi connectivity index (χ4n) is 4.75. The van der Waals surface area contributed by atoms with Crippen molar-refractivity contribution < 1.29 is 14.0 Å². The molecule has 5 rings (SSSR count). The second kappa shape index (κ2) is 9.71. The molecule has 3 N–H and O–H groups in total. The molecule has 1 fully saturated rings. The van der Waals surface area contributed by atoms with E-state index in [-0.39, 0.29) is 23.5 Å². The van der Waals surface area contributed by atoms with Gasteiger partial charge in [-0.05, 0) is 73.8 Å². The summed E-state index contributed by atoms with van der Waals surface area (Å²) in [6.07, 6.45) is 2.64. The summed E-state index contributed by atoms with van der Waals surface area (Å²) >= 11 is 0. The summed E-state index contributed by atoms with van der Waals surface area (Å²) in [4.78, 5) is 36.5. The van der Waals surface area contributed by atoms with Crippen molar-refractivity contribution in [1.29, 1.82) is 0 Å². The quantitative estimate of drug-likeness (QED) is 0.415. The molecule has 2 aromatic heterocycles. The predicted octanol–water partition coefficient (Wildman–Crippen LogP) is 4.25. The van der Waals surface area contributed by atoms with E-state index >= 15 is 0 Å². The number of amides is 2. The van der Waals surface area contributed by atoms with E-state index in [2.05, 4.69) is 15.3 Å². The molecular formula is C29H28FN5O2. The van der Waals surface area contributed by atoms with Crippen molar-refractivity contribution >= 4 is 22.7 Å². The summed E-state index contributed by atoms with van der Waals surface area (Å²) in [5.41, 5.74) is 10.8. The van der Waals surface area contributed by atoms with Crippen molar-refractivity contribution in [2.75, 3.05) is 20.1 Å². The lowest BCUT2D eigenvalue weighted by molar-refractivity contribution is 0.0769. The minimum Gasteiger partial charge on any atom is -0.364 e.